The normalized spacial score (nSPS) is 13.8. The van der Waals surface area contributed by atoms with Crippen molar-refractivity contribution in [3.05, 3.63) is 0 Å². The Bertz CT molecular complexity index is 724. The van der Waals surface area contributed by atoms with Gasteiger partial charge in [0.1, 0.15) is 0 Å². The first kappa shape index (κ1) is 32.8. The summed E-state index contributed by atoms with van der Waals surface area (Å²) in [6.07, 6.45) is 5.88. The Hall–Kier alpha value is -3.90. The molecule has 0 unspecified atom stereocenters. The van der Waals surface area contributed by atoms with E-state index in [1.54, 1.807) is 0 Å². The van der Waals surface area contributed by atoms with Crippen LogP contribution in [-0.2, 0) is 78.6 Å². The molecule has 0 N–H and O–H groups in total. The molecule has 0 spiro atoms. The Balaban J connectivity index is -0.000000422. The van der Waals surface area contributed by atoms with Crippen molar-refractivity contribution in [2.24, 2.45) is 0 Å². The molecule has 0 heterocycles. The number of rotatable bonds is 13. The monoisotopic (exact) mass is 545 g/mol. The molecule has 0 aliphatic heterocycles. The summed E-state index contributed by atoms with van der Waals surface area (Å²) in [6.45, 7) is 0. The first-order valence-electron chi connectivity index (χ1n) is 6.86. The molecule has 0 radical (unpaired) electrons. The molecule has 0 saturated carbocycles. The molecule has 32 heavy (non-hydrogen) atoms. The zero-order chi connectivity index (χ0) is 26.1. The molecule has 180 valence electrons. The maximum absolute atomic E-state index is 10.5. The van der Waals surface area contributed by atoms with Crippen LogP contribution in [0.2, 0.25) is 0 Å². The Morgan fingerprint density at radius 3 is 0.688 bits per heavy atom. The molecule has 0 aromatic carbocycles. The zero-order valence-electron chi connectivity index (χ0n) is 15.9. The van der Waals surface area contributed by atoms with Crippen molar-refractivity contribution in [1.29, 1.82) is 5.26 Å². The molecule has 0 bridgehead atoms. The van der Waals surface area contributed by atoms with Crippen LogP contribution in [0.15, 0.2) is 0 Å². The third-order valence-corrected chi connectivity index (χ3v) is 11.6. The van der Waals surface area contributed by atoms with Crippen molar-refractivity contribution in [2.75, 3.05) is 0 Å². The van der Waals surface area contributed by atoms with Crippen molar-refractivity contribution < 1.29 is 78.6 Å². The Morgan fingerprint density at radius 2 is 0.656 bits per heavy atom. The molecule has 0 saturated heterocycles. The fourth-order valence-corrected chi connectivity index (χ4v) is 2.42. The Labute approximate surface area is 177 Å². The van der Waals surface area contributed by atoms with Crippen LogP contribution in [0.5, 0.6) is 0 Å². The average molecular weight is 545 g/mol. The second-order valence-electron chi connectivity index (χ2n) is 5.14. The van der Waals surface area contributed by atoms with E-state index in [2.05, 4.69) is 5.92 Å². The van der Waals surface area contributed by atoms with Crippen LogP contribution in [0.4, 0.5) is 0 Å². The first-order chi connectivity index (χ1) is 14.9. The minimum absolute atomic E-state index is 0.448. The fourth-order valence-electron chi connectivity index (χ4n) is 0.684. The Morgan fingerprint density at radius 1 is 0.469 bits per heavy atom. The third kappa shape index (κ3) is 4.71. The second kappa shape index (κ2) is 10.4. The van der Waals surface area contributed by atoms with Crippen molar-refractivity contribution in [2.45, 2.75) is 12.8 Å². The summed E-state index contributed by atoms with van der Waals surface area (Å²) >= 11 is 0. The fraction of sp³-hybridized carbons (Fsp3) is 0.118. The van der Waals surface area contributed by atoms with Gasteiger partial charge in [-0.05, 0) is 0 Å². The van der Waals surface area contributed by atoms with E-state index in [9.17, 15) is 57.5 Å². The molecule has 0 aliphatic rings. The van der Waals surface area contributed by atoms with E-state index in [1.165, 1.54) is 0 Å². The summed E-state index contributed by atoms with van der Waals surface area (Å²) in [6, 6.07) is 1.93. The average Bonchev–Trinajstić information content (AvgIpc) is 2.90. The molecule has 0 aromatic heterocycles. The summed E-state index contributed by atoms with van der Waals surface area (Å²) in [5.74, 6) is 2.35. The predicted octanol–water partition coefficient (Wildman–Crippen LogP) is -2.37. The van der Waals surface area contributed by atoms with Crippen molar-refractivity contribution in [1.82, 2.24) is 0 Å². The minimum atomic E-state index is -5.95. The van der Waals surface area contributed by atoms with Crippen LogP contribution in [0.25, 0.3) is 0 Å². The second-order valence-corrected chi connectivity index (χ2v) is 18.5. The van der Waals surface area contributed by atoms with Gasteiger partial charge in [-0.3, -0.25) is 0 Å². The molecular weight excluding hydrogens is 528 g/mol. The van der Waals surface area contributed by atoms with E-state index in [4.69, 9.17) is 11.7 Å². The van der Waals surface area contributed by atoms with Gasteiger partial charge in [0, 0.05) is 12.8 Å². The van der Waals surface area contributed by atoms with Gasteiger partial charge in [0.25, 0.3) is 0 Å². The van der Waals surface area contributed by atoms with E-state index in [0.29, 0.717) is 12.8 Å². The number of terminal acetylenes is 1. The van der Waals surface area contributed by atoms with E-state index >= 15 is 0 Å². The number of carbonyl (C=O) groups excluding carboxylic acids is 12. The van der Waals surface area contributed by atoms with Crippen LogP contribution < -0.4 is 0 Å². The number of carbonyl (C=O) groups is 12. The zero-order valence-corrected chi connectivity index (χ0v) is 18.0. The van der Waals surface area contributed by atoms with Gasteiger partial charge in [0.15, 0.2) is 0 Å². The van der Waals surface area contributed by atoms with Crippen molar-refractivity contribution in [3.8, 4) is 18.4 Å². The molecule has 0 aromatic rings. The summed E-state index contributed by atoms with van der Waals surface area (Å²) in [5.41, 5.74) is 0. The van der Waals surface area contributed by atoms with Crippen LogP contribution in [0, 0.1) is 23.7 Å². The summed E-state index contributed by atoms with van der Waals surface area (Å²) in [5, 5.41) is 2.48. The quantitative estimate of drug-likeness (QED) is 0.134. The van der Waals surface area contributed by atoms with Gasteiger partial charge in [-0.1, -0.05) is 0 Å². The molecule has 0 aliphatic carbocycles. The van der Waals surface area contributed by atoms with Crippen molar-refractivity contribution >= 4 is 62.6 Å². The SMILES string of the molecule is C#CCCC#N.O=[CH][Co]([CH]=O)([CH]=O)([CH]=O)([CH]=O)[CH]=O.O=[CH][Co]([CH]=O)([CH]=O)([CH]=O)([CH]=O)[CH]=O. The van der Waals surface area contributed by atoms with Crippen LogP contribution >= 0.6 is 0 Å². The molecule has 15 heteroatoms. The van der Waals surface area contributed by atoms with Gasteiger partial charge >= 0.3 is 141 Å². The number of hydrogen-bond acceptors (Lipinski definition) is 13. The molecule has 0 fully saturated rings. The summed E-state index contributed by atoms with van der Waals surface area (Å²) in [7, 11) is -11.9. The van der Waals surface area contributed by atoms with Gasteiger partial charge < -0.3 is 0 Å². The van der Waals surface area contributed by atoms with Gasteiger partial charge in [-0.25, -0.2) is 0 Å². The molecule has 0 rings (SSSR count). The first-order valence-corrected chi connectivity index (χ1v) is 14.1. The summed E-state index contributed by atoms with van der Waals surface area (Å²) in [4.78, 5) is 126. The van der Waals surface area contributed by atoms with Crippen LogP contribution in [-0.4, -0.2) is 62.6 Å². The van der Waals surface area contributed by atoms with Crippen molar-refractivity contribution in [3.63, 3.8) is 0 Å². The topological polar surface area (TPSA) is 229 Å². The Kier molecular flexibility index (Phi) is 10.7. The van der Waals surface area contributed by atoms with E-state index in [0.717, 1.165) is 0 Å². The van der Waals surface area contributed by atoms with E-state index in [-0.39, 0.29) is 0 Å². The molecule has 0 amide bonds. The molecule has 0 atom stereocenters. The molecular formula is C17H17Co2NO12. The maximum atomic E-state index is 10.5. The van der Waals surface area contributed by atoms with Crippen LogP contribution in [0.3, 0.4) is 0 Å². The predicted molar refractivity (Wildman–Crippen MR) is 105 cm³/mol. The number of nitriles is 1. The third-order valence-electron chi connectivity index (χ3n) is 3.10. The van der Waals surface area contributed by atoms with Gasteiger partial charge in [-0.2, -0.15) is 5.26 Å². The van der Waals surface area contributed by atoms with Gasteiger partial charge in [-0.15, -0.1) is 12.3 Å². The number of unbranched alkanes of at least 4 members (excludes halogenated alkanes) is 1. The number of nitrogens with zero attached hydrogens (tertiary/aromatic N) is 1. The molecule has 13 nitrogen and oxygen atoms in total. The van der Waals surface area contributed by atoms with Crippen LogP contribution in [0.1, 0.15) is 12.8 Å². The summed E-state index contributed by atoms with van der Waals surface area (Å²) < 4.78 is 0. The van der Waals surface area contributed by atoms with E-state index in [1.807, 2.05) is 6.07 Å². The van der Waals surface area contributed by atoms with Gasteiger partial charge in [0.05, 0.1) is 6.07 Å². The van der Waals surface area contributed by atoms with E-state index < -0.39 is 83.7 Å². The van der Waals surface area contributed by atoms with Gasteiger partial charge in [0.2, 0.25) is 0 Å². The standard InChI is InChI=1S/C5H5N.12CHO.2Co/c1-2-3-4-5-6;12*1-2;;/h1H,3-4H2;12*1H;;. The number of hydrogen-bond donors (Lipinski definition) is 0.